The highest BCUT2D eigenvalue weighted by molar-refractivity contribution is 6.00. The normalized spacial score (nSPS) is 19.7. The first-order chi connectivity index (χ1) is 17.0. The van der Waals surface area contributed by atoms with E-state index >= 15 is 0 Å². The van der Waals surface area contributed by atoms with Crippen LogP contribution in [0.2, 0.25) is 0 Å². The van der Waals surface area contributed by atoms with Crippen LogP contribution in [0.15, 0.2) is 24.3 Å². The zero-order valence-electron chi connectivity index (χ0n) is 21.5. The number of rotatable bonds is 5. The summed E-state index contributed by atoms with van der Waals surface area (Å²) in [5.74, 6) is -0.525. The van der Waals surface area contributed by atoms with E-state index in [1.165, 1.54) is 32.1 Å². The zero-order chi connectivity index (χ0) is 25.3. The summed E-state index contributed by atoms with van der Waals surface area (Å²) >= 11 is 0. The van der Waals surface area contributed by atoms with E-state index < -0.39 is 17.9 Å². The number of carbonyl (C=O) groups excluding carboxylic acids is 3. The Hall–Kier alpha value is -2.61. The van der Waals surface area contributed by atoms with Crippen molar-refractivity contribution in [2.24, 2.45) is 0 Å². The minimum atomic E-state index is -0.988. The van der Waals surface area contributed by atoms with Gasteiger partial charge in [-0.1, -0.05) is 57.1 Å². The molecule has 1 atom stereocenters. The number of hydrogen-bond acceptors (Lipinski definition) is 5. The number of hydrogen-bond donors (Lipinski definition) is 2. The third-order valence-electron chi connectivity index (χ3n) is 6.20. The monoisotopic (exact) mass is 489 g/mol. The molecule has 0 aromatic heterocycles. The molecular formula is C27H43N3O5. The molecular weight excluding hydrogens is 446 g/mol. The summed E-state index contributed by atoms with van der Waals surface area (Å²) in [6.45, 7) is 4.29. The van der Waals surface area contributed by atoms with Gasteiger partial charge in [-0.25, -0.2) is 0 Å². The lowest BCUT2D eigenvalue weighted by atomic mass is 10.1. The average Bonchev–Trinajstić information content (AvgIpc) is 2.86. The Morgan fingerprint density at radius 1 is 1.06 bits per heavy atom. The molecule has 0 bridgehead atoms. The van der Waals surface area contributed by atoms with Crippen LogP contribution in [0.4, 0.5) is 0 Å². The standard InChI is InChI=1S/C27H43N3O5/c1-3-34-20-17-28-27(33)23-21-25(31)30(2)18-13-9-7-5-4-6-8-10-14-19-35-24-16-12-11-15-22(24)26(32)29-23/h11-12,15-16,23H,3-10,13-14,17-21H2,1-2H3,(H,28,33)(H,29,32)/t23-/m0/s1. The highest BCUT2D eigenvalue weighted by atomic mass is 16.5. The van der Waals surface area contributed by atoms with Gasteiger partial charge in [-0.2, -0.15) is 0 Å². The van der Waals surface area contributed by atoms with E-state index in [4.69, 9.17) is 9.47 Å². The van der Waals surface area contributed by atoms with Crippen LogP contribution in [0.1, 0.15) is 81.5 Å². The number of benzene rings is 1. The summed E-state index contributed by atoms with van der Waals surface area (Å²) in [6.07, 6.45) is 9.98. The molecule has 0 saturated carbocycles. The van der Waals surface area contributed by atoms with Crippen LogP contribution < -0.4 is 15.4 Å². The molecule has 8 heteroatoms. The largest absolute Gasteiger partial charge is 0.493 e. The Morgan fingerprint density at radius 3 is 2.43 bits per heavy atom. The molecule has 1 aliphatic rings. The molecule has 0 saturated heterocycles. The molecule has 1 heterocycles. The molecule has 1 aliphatic heterocycles. The van der Waals surface area contributed by atoms with Crippen molar-refractivity contribution < 1.29 is 23.9 Å². The van der Waals surface area contributed by atoms with Crippen LogP contribution in [0.3, 0.4) is 0 Å². The highest BCUT2D eigenvalue weighted by Gasteiger charge is 2.26. The van der Waals surface area contributed by atoms with Crippen LogP contribution in [0.25, 0.3) is 0 Å². The fraction of sp³-hybridized carbons (Fsp3) is 0.667. The Morgan fingerprint density at radius 2 is 1.71 bits per heavy atom. The molecule has 2 rings (SSSR count). The van der Waals surface area contributed by atoms with Crippen molar-refractivity contribution >= 4 is 17.7 Å². The Balaban J connectivity index is 2.14. The van der Waals surface area contributed by atoms with E-state index in [1.807, 2.05) is 13.0 Å². The average molecular weight is 490 g/mol. The maximum absolute atomic E-state index is 13.1. The molecule has 0 unspecified atom stereocenters. The second-order valence-corrected chi connectivity index (χ2v) is 9.06. The predicted octanol–water partition coefficient (Wildman–Crippen LogP) is 3.69. The third kappa shape index (κ3) is 11.1. The summed E-state index contributed by atoms with van der Waals surface area (Å²) < 4.78 is 11.2. The van der Waals surface area contributed by atoms with Gasteiger partial charge in [-0.3, -0.25) is 14.4 Å². The Bertz CT molecular complexity index is 786. The quantitative estimate of drug-likeness (QED) is 0.615. The van der Waals surface area contributed by atoms with Crippen LogP contribution in [-0.4, -0.2) is 68.6 Å². The SMILES string of the molecule is CCOCCNC(=O)[C@@H]1CC(=O)N(C)CCCCCCCCCCCOc2ccccc2C(=O)N1. The van der Waals surface area contributed by atoms with Crippen molar-refractivity contribution in [3.8, 4) is 5.75 Å². The molecule has 0 aliphatic carbocycles. The first-order valence-corrected chi connectivity index (χ1v) is 13.1. The fourth-order valence-electron chi connectivity index (χ4n) is 4.07. The van der Waals surface area contributed by atoms with Gasteiger partial charge in [0.1, 0.15) is 11.8 Å². The van der Waals surface area contributed by atoms with E-state index in [0.29, 0.717) is 44.2 Å². The van der Waals surface area contributed by atoms with Crippen molar-refractivity contribution in [1.29, 1.82) is 0 Å². The lowest BCUT2D eigenvalue weighted by Crippen LogP contribution is -2.50. The van der Waals surface area contributed by atoms with E-state index in [1.54, 1.807) is 30.1 Å². The first kappa shape index (κ1) is 28.6. The number of amides is 3. The van der Waals surface area contributed by atoms with Gasteiger partial charge in [0, 0.05) is 26.7 Å². The van der Waals surface area contributed by atoms with Crippen LogP contribution in [0, 0.1) is 0 Å². The number of nitrogens with one attached hydrogen (secondary N) is 2. The highest BCUT2D eigenvalue weighted by Crippen LogP contribution is 2.19. The van der Waals surface area contributed by atoms with Crippen LogP contribution in [-0.2, 0) is 14.3 Å². The topological polar surface area (TPSA) is 97.0 Å². The van der Waals surface area contributed by atoms with Gasteiger partial charge < -0.3 is 25.0 Å². The summed E-state index contributed by atoms with van der Waals surface area (Å²) in [4.78, 5) is 40.6. The number of nitrogens with zero attached hydrogens (tertiary/aromatic N) is 1. The molecule has 0 spiro atoms. The Kier molecular flexibility index (Phi) is 13.8. The van der Waals surface area contributed by atoms with Crippen molar-refractivity contribution in [3.05, 3.63) is 29.8 Å². The van der Waals surface area contributed by atoms with Gasteiger partial charge in [0.05, 0.1) is 25.2 Å². The van der Waals surface area contributed by atoms with Gasteiger partial charge in [0.15, 0.2) is 0 Å². The smallest absolute Gasteiger partial charge is 0.255 e. The van der Waals surface area contributed by atoms with Crippen molar-refractivity contribution in [1.82, 2.24) is 15.5 Å². The van der Waals surface area contributed by atoms with E-state index in [2.05, 4.69) is 10.6 Å². The van der Waals surface area contributed by atoms with Crippen LogP contribution in [0.5, 0.6) is 5.75 Å². The Labute approximate surface area is 210 Å². The third-order valence-corrected chi connectivity index (χ3v) is 6.20. The van der Waals surface area contributed by atoms with E-state index in [9.17, 15) is 14.4 Å². The lowest BCUT2D eigenvalue weighted by Gasteiger charge is -2.23. The number of fused-ring (bicyclic) bond motifs is 1. The molecule has 35 heavy (non-hydrogen) atoms. The van der Waals surface area contributed by atoms with Gasteiger partial charge >= 0.3 is 0 Å². The molecule has 1 aromatic rings. The second-order valence-electron chi connectivity index (χ2n) is 9.06. The molecule has 2 N–H and O–H groups in total. The maximum atomic E-state index is 13.1. The maximum Gasteiger partial charge on any atom is 0.255 e. The molecule has 0 radical (unpaired) electrons. The summed E-state index contributed by atoms with van der Waals surface area (Å²) in [5.41, 5.74) is 0.356. The van der Waals surface area contributed by atoms with E-state index in [-0.39, 0.29) is 12.3 Å². The summed E-state index contributed by atoms with van der Waals surface area (Å²) in [5, 5.41) is 5.54. The first-order valence-electron chi connectivity index (χ1n) is 13.1. The molecule has 3 amide bonds. The van der Waals surface area contributed by atoms with Gasteiger partial charge in [0.25, 0.3) is 5.91 Å². The fourth-order valence-corrected chi connectivity index (χ4v) is 4.07. The van der Waals surface area contributed by atoms with Gasteiger partial charge in [0.2, 0.25) is 11.8 Å². The van der Waals surface area contributed by atoms with Crippen LogP contribution >= 0.6 is 0 Å². The summed E-state index contributed by atoms with van der Waals surface area (Å²) in [6, 6.07) is 6.03. The van der Waals surface area contributed by atoms with Crippen molar-refractivity contribution in [3.63, 3.8) is 0 Å². The van der Waals surface area contributed by atoms with Crippen molar-refractivity contribution in [2.45, 2.75) is 77.2 Å². The molecule has 8 nitrogen and oxygen atoms in total. The summed E-state index contributed by atoms with van der Waals surface area (Å²) in [7, 11) is 1.75. The lowest BCUT2D eigenvalue weighted by molar-refractivity contribution is -0.133. The molecule has 1 aromatic carbocycles. The number of carbonyl (C=O) groups is 3. The number of ether oxygens (including phenoxy) is 2. The minimum Gasteiger partial charge on any atom is -0.493 e. The zero-order valence-corrected chi connectivity index (χ0v) is 21.5. The number of para-hydroxylation sites is 1. The molecule has 0 fully saturated rings. The van der Waals surface area contributed by atoms with Crippen molar-refractivity contribution in [2.75, 3.05) is 40.0 Å². The van der Waals surface area contributed by atoms with E-state index in [0.717, 1.165) is 25.7 Å². The minimum absolute atomic E-state index is 0.105. The predicted molar refractivity (Wildman–Crippen MR) is 137 cm³/mol. The second kappa shape index (κ2) is 16.9. The molecule has 196 valence electrons. The van der Waals surface area contributed by atoms with Gasteiger partial charge in [-0.15, -0.1) is 0 Å². The van der Waals surface area contributed by atoms with Gasteiger partial charge in [-0.05, 0) is 31.9 Å².